The molecule has 0 radical (unpaired) electrons. The lowest BCUT2D eigenvalue weighted by Gasteiger charge is -2.31. The fourth-order valence-corrected chi connectivity index (χ4v) is 3.44. The Balaban J connectivity index is 1.41. The summed E-state index contributed by atoms with van der Waals surface area (Å²) in [4.78, 5) is 15.9. The highest BCUT2D eigenvalue weighted by Gasteiger charge is 2.25. The van der Waals surface area contributed by atoms with Gasteiger partial charge in [-0.05, 0) is 26.0 Å². The van der Waals surface area contributed by atoms with Gasteiger partial charge in [0.25, 0.3) is 5.91 Å². The predicted molar refractivity (Wildman–Crippen MR) is 98.9 cm³/mol. The third-order valence-electron chi connectivity index (χ3n) is 4.97. The Labute approximate surface area is 159 Å². The molecule has 1 atom stereocenters. The van der Waals surface area contributed by atoms with Gasteiger partial charge in [0.2, 0.25) is 0 Å². The van der Waals surface area contributed by atoms with Crippen LogP contribution in [0.5, 0.6) is 0 Å². The summed E-state index contributed by atoms with van der Waals surface area (Å²) in [6, 6.07) is 10.0. The van der Waals surface area contributed by atoms with Crippen molar-refractivity contribution in [2.45, 2.75) is 26.4 Å². The van der Waals surface area contributed by atoms with Crippen LogP contribution >= 0.6 is 11.6 Å². The number of carbonyl (C=O) groups is 1. The lowest BCUT2D eigenvalue weighted by atomic mass is 10.1. The Morgan fingerprint density at radius 2 is 2.04 bits per heavy atom. The third kappa shape index (κ3) is 5.06. The number of aryl methyl sites for hydroxylation is 1. The van der Waals surface area contributed by atoms with E-state index in [0.717, 1.165) is 49.2 Å². The summed E-state index contributed by atoms with van der Waals surface area (Å²) in [7, 11) is 0. The SMILES string of the molecule is Cc1cc(C[NH+]2CCN(C(=O)C[NH2+][C@H](C)c3ccc(Cl)cc3)CC2)no1. The van der Waals surface area contributed by atoms with E-state index in [4.69, 9.17) is 16.1 Å². The van der Waals surface area contributed by atoms with Crippen molar-refractivity contribution < 1.29 is 19.5 Å². The van der Waals surface area contributed by atoms with Crippen LogP contribution in [0.4, 0.5) is 0 Å². The van der Waals surface area contributed by atoms with Crippen molar-refractivity contribution in [3.05, 3.63) is 52.4 Å². The van der Waals surface area contributed by atoms with Crippen LogP contribution < -0.4 is 10.2 Å². The molecule has 0 unspecified atom stereocenters. The molecular formula is C19H27ClN4O2+2. The molecule has 3 N–H and O–H groups in total. The quantitative estimate of drug-likeness (QED) is 0.754. The average Bonchev–Trinajstić information content (AvgIpc) is 3.05. The molecule has 3 rings (SSSR count). The summed E-state index contributed by atoms with van der Waals surface area (Å²) in [5.74, 6) is 1.06. The van der Waals surface area contributed by atoms with E-state index in [-0.39, 0.29) is 11.9 Å². The second-order valence-corrected chi connectivity index (χ2v) is 7.45. The molecular weight excluding hydrogens is 352 g/mol. The van der Waals surface area contributed by atoms with Gasteiger partial charge in [-0.1, -0.05) is 28.9 Å². The van der Waals surface area contributed by atoms with Crippen LogP contribution in [0.1, 0.15) is 30.0 Å². The maximum Gasteiger partial charge on any atom is 0.278 e. The van der Waals surface area contributed by atoms with Crippen LogP contribution in [-0.2, 0) is 11.3 Å². The lowest BCUT2D eigenvalue weighted by Crippen LogP contribution is -3.13. The van der Waals surface area contributed by atoms with Crippen molar-refractivity contribution in [2.75, 3.05) is 32.7 Å². The predicted octanol–water partition coefficient (Wildman–Crippen LogP) is 0.188. The number of nitrogens with one attached hydrogen (secondary N) is 1. The Morgan fingerprint density at radius 1 is 1.35 bits per heavy atom. The zero-order chi connectivity index (χ0) is 18.5. The van der Waals surface area contributed by atoms with E-state index >= 15 is 0 Å². The number of piperazine rings is 1. The number of rotatable bonds is 6. The smallest absolute Gasteiger partial charge is 0.278 e. The molecule has 2 heterocycles. The lowest BCUT2D eigenvalue weighted by molar-refractivity contribution is -0.918. The molecule has 2 aromatic rings. The van der Waals surface area contributed by atoms with Crippen LogP contribution in [-0.4, -0.2) is 48.7 Å². The number of quaternary nitrogens is 2. The number of hydrogen-bond donors (Lipinski definition) is 2. The molecule has 1 amide bonds. The van der Waals surface area contributed by atoms with Crippen molar-refractivity contribution in [1.29, 1.82) is 0 Å². The fraction of sp³-hybridized carbons (Fsp3) is 0.474. The normalized spacial score (nSPS) is 16.7. The maximum atomic E-state index is 12.5. The van der Waals surface area contributed by atoms with E-state index in [1.54, 1.807) is 0 Å². The number of hydrogen-bond acceptors (Lipinski definition) is 3. The summed E-state index contributed by atoms with van der Waals surface area (Å²) in [6.07, 6.45) is 0. The third-order valence-corrected chi connectivity index (χ3v) is 5.22. The first-order valence-electron chi connectivity index (χ1n) is 9.13. The maximum absolute atomic E-state index is 12.5. The van der Waals surface area contributed by atoms with Crippen molar-refractivity contribution in [2.24, 2.45) is 0 Å². The Hall–Kier alpha value is -1.89. The molecule has 0 bridgehead atoms. The number of halogens is 1. The van der Waals surface area contributed by atoms with Gasteiger partial charge >= 0.3 is 0 Å². The van der Waals surface area contributed by atoms with Crippen LogP contribution in [0, 0.1) is 6.92 Å². The topological polar surface area (TPSA) is 67.4 Å². The number of nitrogens with zero attached hydrogens (tertiary/aromatic N) is 2. The van der Waals surface area contributed by atoms with E-state index in [2.05, 4.69) is 17.4 Å². The molecule has 1 aromatic carbocycles. The number of carbonyl (C=O) groups excluding carboxylic acids is 1. The Kier molecular flexibility index (Phi) is 6.29. The minimum Gasteiger partial charge on any atom is -0.361 e. The Morgan fingerprint density at radius 3 is 2.65 bits per heavy atom. The van der Waals surface area contributed by atoms with Gasteiger partial charge in [0.05, 0.1) is 26.2 Å². The monoisotopic (exact) mass is 378 g/mol. The summed E-state index contributed by atoms with van der Waals surface area (Å²) < 4.78 is 5.12. The molecule has 0 saturated carbocycles. The van der Waals surface area contributed by atoms with Gasteiger partial charge in [-0.2, -0.15) is 0 Å². The molecule has 6 nitrogen and oxygen atoms in total. The van der Waals surface area contributed by atoms with Gasteiger partial charge < -0.3 is 19.6 Å². The van der Waals surface area contributed by atoms with E-state index in [9.17, 15) is 4.79 Å². The van der Waals surface area contributed by atoms with Crippen LogP contribution in [0.3, 0.4) is 0 Å². The van der Waals surface area contributed by atoms with Crippen molar-refractivity contribution in [1.82, 2.24) is 10.1 Å². The van der Waals surface area contributed by atoms with E-state index in [1.165, 1.54) is 10.5 Å². The van der Waals surface area contributed by atoms with Gasteiger partial charge in [-0.25, -0.2) is 0 Å². The van der Waals surface area contributed by atoms with Crippen molar-refractivity contribution in [3.8, 4) is 0 Å². The molecule has 1 aromatic heterocycles. The van der Waals surface area contributed by atoms with Crippen molar-refractivity contribution >= 4 is 17.5 Å². The van der Waals surface area contributed by atoms with E-state index in [1.807, 2.05) is 42.2 Å². The number of nitrogens with two attached hydrogens (primary N) is 1. The minimum atomic E-state index is 0.210. The Bertz CT molecular complexity index is 723. The van der Waals surface area contributed by atoms with Gasteiger partial charge in [-0.15, -0.1) is 0 Å². The number of amides is 1. The summed E-state index contributed by atoms with van der Waals surface area (Å²) in [5, 5.41) is 6.88. The summed E-state index contributed by atoms with van der Waals surface area (Å²) >= 11 is 5.93. The van der Waals surface area contributed by atoms with Crippen molar-refractivity contribution in [3.63, 3.8) is 0 Å². The van der Waals surface area contributed by atoms with Crippen LogP contribution in [0.25, 0.3) is 0 Å². The molecule has 26 heavy (non-hydrogen) atoms. The molecule has 7 heteroatoms. The minimum absolute atomic E-state index is 0.210. The molecule has 1 aliphatic heterocycles. The molecule has 1 aliphatic rings. The zero-order valence-electron chi connectivity index (χ0n) is 15.4. The number of benzene rings is 1. The highest BCUT2D eigenvalue weighted by Crippen LogP contribution is 2.13. The highest BCUT2D eigenvalue weighted by molar-refractivity contribution is 6.30. The second-order valence-electron chi connectivity index (χ2n) is 7.02. The first-order chi connectivity index (χ1) is 12.5. The summed E-state index contributed by atoms with van der Waals surface area (Å²) in [5.41, 5.74) is 2.17. The fourth-order valence-electron chi connectivity index (χ4n) is 3.32. The zero-order valence-corrected chi connectivity index (χ0v) is 16.1. The highest BCUT2D eigenvalue weighted by atomic mass is 35.5. The molecule has 0 aliphatic carbocycles. The number of aromatic nitrogens is 1. The first kappa shape index (κ1) is 18.9. The molecule has 1 saturated heterocycles. The molecule has 140 valence electrons. The molecule has 0 spiro atoms. The van der Waals surface area contributed by atoms with Gasteiger partial charge in [0.1, 0.15) is 24.0 Å². The van der Waals surface area contributed by atoms with Crippen LogP contribution in [0.2, 0.25) is 5.02 Å². The summed E-state index contributed by atoms with van der Waals surface area (Å²) in [6.45, 7) is 8.85. The average molecular weight is 379 g/mol. The van der Waals surface area contributed by atoms with Gasteiger partial charge in [0, 0.05) is 16.7 Å². The van der Waals surface area contributed by atoms with E-state index < -0.39 is 0 Å². The first-order valence-corrected chi connectivity index (χ1v) is 9.51. The van der Waals surface area contributed by atoms with E-state index in [0.29, 0.717) is 6.54 Å². The van der Waals surface area contributed by atoms with Crippen LogP contribution in [0.15, 0.2) is 34.9 Å². The van der Waals surface area contributed by atoms with Gasteiger partial charge in [-0.3, -0.25) is 4.79 Å². The van der Waals surface area contributed by atoms with Gasteiger partial charge in [0.15, 0.2) is 6.54 Å². The second kappa shape index (κ2) is 8.66. The standard InChI is InChI=1S/C19H25ClN4O2/c1-14-11-18(22-26-14)13-23-7-9-24(10-8-23)19(25)12-21-15(2)16-3-5-17(20)6-4-16/h3-6,11,15,21H,7-10,12-13H2,1-2H3/p+2/t15-/m1/s1. The largest absolute Gasteiger partial charge is 0.361 e. The molecule has 1 fully saturated rings.